The van der Waals surface area contributed by atoms with E-state index in [1.54, 1.807) is 0 Å². The van der Waals surface area contributed by atoms with Crippen molar-refractivity contribution in [2.75, 3.05) is 26.2 Å². The monoisotopic (exact) mass is 320 g/mol. The lowest BCUT2D eigenvalue weighted by molar-refractivity contribution is -0.131. The van der Waals surface area contributed by atoms with E-state index >= 15 is 0 Å². The fourth-order valence-corrected chi connectivity index (χ4v) is 3.62. The lowest BCUT2D eigenvalue weighted by atomic mass is 9.92. The van der Waals surface area contributed by atoms with Gasteiger partial charge in [0.2, 0.25) is 11.8 Å². The number of aryl methyl sites for hydroxylation is 1. The zero-order chi connectivity index (χ0) is 16.2. The van der Waals surface area contributed by atoms with Crippen molar-refractivity contribution in [3.8, 4) is 0 Å². The van der Waals surface area contributed by atoms with E-state index in [1.165, 1.54) is 12.8 Å². The van der Waals surface area contributed by atoms with Crippen LogP contribution in [0.3, 0.4) is 0 Å². The fraction of sp³-hybridized carbons (Fsp3) is 0.824. The Morgan fingerprint density at radius 3 is 2.57 bits per heavy atom. The SMILES string of the molecule is CCc1noc(C(C)N2CCC(CC(=O)N3CCCC3)CC2)n1. The molecular formula is C17H28N4O2. The molecule has 6 heteroatoms. The Hall–Kier alpha value is -1.43. The summed E-state index contributed by atoms with van der Waals surface area (Å²) in [6.07, 6.45) is 6.04. The Balaban J connectivity index is 1.46. The summed E-state index contributed by atoms with van der Waals surface area (Å²) in [6, 6.07) is 0.165. The highest BCUT2D eigenvalue weighted by molar-refractivity contribution is 5.76. The summed E-state index contributed by atoms with van der Waals surface area (Å²) in [5.74, 6) is 2.38. The van der Waals surface area contributed by atoms with Gasteiger partial charge in [-0.1, -0.05) is 12.1 Å². The van der Waals surface area contributed by atoms with Crippen molar-refractivity contribution < 1.29 is 9.32 Å². The minimum absolute atomic E-state index is 0.165. The number of rotatable bonds is 5. The molecule has 0 radical (unpaired) electrons. The molecule has 0 bridgehead atoms. The fourth-order valence-electron chi connectivity index (χ4n) is 3.62. The van der Waals surface area contributed by atoms with Gasteiger partial charge in [-0.25, -0.2) is 0 Å². The Morgan fingerprint density at radius 1 is 1.26 bits per heavy atom. The van der Waals surface area contributed by atoms with E-state index in [9.17, 15) is 4.79 Å². The van der Waals surface area contributed by atoms with Gasteiger partial charge in [0.25, 0.3) is 0 Å². The summed E-state index contributed by atoms with van der Waals surface area (Å²) in [6.45, 7) is 8.09. The van der Waals surface area contributed by atoms with E-state index in [1.807, 2.05) is 11.8 Å². The van der Waals surface area contributed by atoms with E-state index in [4.69, 9.17) is 4.52 Å². The largest absolute Gasteiger partial charge is 0.343 e. The van der Waals surface area contributed by atoms with Crippen LogP contribution in [0.1, 0.15) is 63.7 Å². The van der Waals surface area contributed by atoms with Crippen molar-refractivity contribution in [3.63, 3.8) is 0 Å². The zero-order valence-electron chi connectivity index (χ0n) is 14.3. The molecule has 0 N–H and O–H groups in total. The van der Waals surface area contributed by atoms with E-state index < -0.39 is 0 Å². The number of piperidine rings is 1. The number of aromatic nitrogens is 2. The molecule has 128 valence electrons. The van der Waals surface area contributed by atoms with Gasteiger partial charge < -0.3 is 9.42 Å². The Kier molecular flexibility index (Phi) is 5.30. The third-order valence-electron chi connectivity index (χ3n) is 5.28. The maximum Gasteiger partial charge on any atom is 0.243 e. The van der Waals surface area contributed by atoms with Gasteiger partial charge in [0, 0.05) is 25.9 Å². The molecule has 1 aromatic rings. The third kappa shape index (κ3) is 3.91. The van der Waals surface area contributed by atoms with Crippen LogP contribution < -0.4 is 0 Å². The normalized spacial score (nSPS) is 21.7. The molecule has 23 heavy (non-hydrogen) atoms. The Bertz CT molecular complexity index is 516. The molecule has 2 saturated heterocycles. The minimum atomic E-state index is 0.165. The first-order chi connectivity index (χ1) is 11.2. The standard InChI is InChI=1S/C17H28N4O2/c1-3-15-18-17(23-19-15)13(2)20-10-6-14(7-11-20)12-16(22)21-8-4-5-9-21/h13-14H,3-12H2,1-2H3. The van der Waals surface area contributed by atoms with Crippen LogP contribution in [-0.2, 0) is 11.2 Å². The summed E-state index contributed by atoms with van der Waals surface area (Å²) in [5.41, 5.74) is 0. The Labute approximate surface area is 138 Å². The van der Waals surface area contributed by atoms with Gasteiger partial charge in [-0.15, -0.1) is 0 Å². The third-order valence-corrected chi connectivity index (χ3v) is 5.28. The van der Waals surface area contributed by atoms with Crippen molar-refractivity contribution in [3.05, 3.63) is 11.7 Å². The van der Waals surface area contributed by atoms with Crippen LogP contribution in [0, 0.1) is 5.92 Å². The van der Waals surface area contributed by atoms with Crippen molar-refractivity contribution in [1.82, 2.24) is 19.9 Å². The average molecular weight is 320 g/mol. The van der Waals surface area contributed by atoms with E-state index in [0.29, 0.717) is 17.7 Å². The number of carbonyl (C=O) groups is 1. The molecule has 1 amide bonds. The molecule has 1 unspecified atom stereocenters. The maximum atomic E-state index is 12.3. The molecular weight excluding hydrogens is 292 g/mol. The predicted molar refractivity (Wildman–Crippen MR) is 86.8 cm³/mol. The zero-order valence-corrected chi connectivity index (χ0v) is 14.3. The van der Waals surface area contributed by atoms with E-state index in [-0.39, 0.29) is 6.04 Å². The second-order valence-corrected chi connectivity index (χ2v) is 6.85. The number of likely N-dealkylation sites (tertiary alicyclic amines) is 2. The molecule has 6 nitrogen and oxygen atoms in total. The minimum Gasteiger partial charge on any atom is -0.343 e. The first kappa shape index (κ1) is 16.4. The van der Waals surface area contributed by atoms with Gasteiger partial charge in [0.15, 0.2) is 5.82 Å². The van der Waals surface area contributed by atoms with Gasteiger partial charge >= 0.3 is 0 Å². The summed E-state index contributed by atoms with van der Waals surface area (Å²) >= 11 is 0. The number of nitrogens with zero attached hydrogens (tertiary/aromatic N) is 4. The summed E-state index contributed by atoms with van der Waals surface area (Å²) in [7, 11) is 0. The summed E-state index contributed by atoms with van der Waals surface area (Å²) in [4.78, 5) is 21.1. The molecule has 0 aromatic carbocycles. The van der Waals surface area contributed by atoms with Crippen LogP contribution in [0.25, 0.3) is 0 Å². The van der Waals surface area contributed by atoms with Crippen LogP contribution >= 0.6 is 0 Å². The van der Waals surface area contributed by atoms with Crippen molar-refractivity contribution in [2.45, 2.75) is 58.4 Å². The molecule has 2 fully saturated rings. The van der Waals surface area contributed by atoms with Crippen LogP contribution in [0.15, 0.2) is 4.52 Å². The molecule has 0 spiro atoms. The first-order valence-electron chi connectivity index (χ1n) is 9.01. The number of carbonyl (C=O) groups excluding carboxylic acids is 1. The van der Waals surface area contributed by atoms with Crippen LogP contribution in [-0.4, -0.2) is 52.0 Å². The molecule has 0 saturated carbocycles. The number of amides is 1. The highest BCUT2D eigenvalue weighted by Crippen LogP contribution is 2.28. The van der Waals surface area contributed by atoms with Crippen LogP contribution in [0.4, 0.5) is 0 Å². The molecule has 2 aliphatic rings. The van der Waals surface area contributed by atoms with Crippen molar-refractivity contribution >= 4 is 5.91 Å². The molecule has 1 aromatic heterocycles. The van der Waals surface area contributed by atoms with Crippen LogP contribution in [0.5, 0.6) is 0 Å². The second kappa shape index (κ2) is 7.43. The smallest absolute Gasteiger partial charge is 0.243 e. The lowest BCUT2D eigenvalue weighted by Crippen LogP contribution is -2.38. The van der Waals surface area contributed by atoms with Gasteiger partial charge in [-0.2, -0.15) is 4.98 Å². The lowest BCUT2D eigenvalue weighted by Gasteiger charge is -2.34. The van der Waals surface area contributed by atoms with Crippen molar-refractivity contribution in [1.29, 1.82) is 0 Å². The maximum absolute atomic E-state index is 12.3. The average Bonchev–Trinajstić information content (AvgIpc) is 3.26. The molecule has 3 heterocycles. The summed E-state index contributed by atoms with van der Waals surface area (Å²) < 4.78 is 5.37. The predicted octanol–water partition coefficient (Wildman–Crippen LogP) is 2.42. The van der Waals surface area contributed by atoms with Crippen LogP contribution in [0.2, 0.25) is 0 Å². The van der Waals surface area contributed by atoms with Gasteiger partial charge in [0.05, 0.1) is 6.04 Å². The van der Waals surface area contributed by atoms with Gasteiger partial charge in [-0.3, -0.25) is 9.69 Å². The van der Waals surface area contributed by atoms with Crippen molar-refractivity contribution in [2.24, 2.45) is 5.92 Å². The van der Waals surface area contributed by atoms with Gasteiger partial charge in [-0.05, 0) is 51.6 Å². The van der Waals surface area contributed by atoms with Gasteiger partial charge in [0.1, 0.15) is 0 Å². The molecule has 0 aliphatic carbocycles. The van der Waals surface area contributed by atoms with E-state index in [0.717, 1.165) is 57.7 Å². The first-order valence-corrected chi connectivity index (χ1v) is 9.01. The highest BCUT2D eigenvalue weighted by atomic mass is 16.5. The molecule has 2 aliphatic heterocycles. The number of hydrogen-bond acceptors (Lipinski definition) is 5. The topological polar surface area (TPSA) is 62.5 Å². The molecule has 3 rings (SSSR count). The van der Waals surface area contributed by atoms with E-state index in [2.05, 4.69) is 22.0 Å². The molecule has 1 atom stereocenters. The quantitative estimate of drug-likeness (QED) is 0.834. The highest BCUT2D eigenvalue weighted by Gasteiger charge is 2.29. The summed E-state index contributed by atoms with van der Waals surface area (Å²) in [5, 5.41) is 3.99. The second-order valence-electron chi connectivity index (χ2n) is 6.85. The number of hydrogen-bond donors (Lipinski definition) is 0. The Morgan fingerprint density at radius 2 is 1.96 bits per heavy atom.